The molecule has 0 unspecified atom stereocenters. The number of amides is 1. The van der Waals surface area contributed by atoms with Gasteiger partial charge in [-0.1, -0.05) is 0 Å². The van der Waals surface area contributed by atoms with Crippen LogP contribution in [0.25, 0.3) is 0 Å². The number of piperidine rings is 1. The number of likely N-dealkylation sites (tertiary alicyclic amines) is 1. The summed E-state index contributed by atoms with van der Waals surface area (Å²) in [6.45, 7) is 3.08. The van der Waals surface area contributed by atoms with Crippen LogP contribution in [0, 0.1) is 11.8 Å². The number of nitrogens with zero attached hydrogens (tertiary/aromatic N) is 2. The van der Waals surface area contributed by atoms with Gasteiger partial charge in [0.1, 0.15) is 0 Å². The fourth-order valence-corrected chi connectivity index (χ4v) is 3.65. The quantitative estimate of drug-likeness (QED) is 0.853. The zero-order valence-electron chi connectivity index (χ0n) is 13.2. The van der Waals surface area contributed by atoms with Gasteiger partial charge in [0.2, 0.25) is 5.91 Å². The second-order valence-electron chi connectivity index (χ2n) is 7.07. The molecule has 1 saturated carbocycles. The summed E-state index contributed by atoms with van der Waals surface area (Å²) in [5.41, 5.74) is 5.93. The molecule has 4 heteroatoms. The fraction of sp³-hybridized carbons (Fsp3) is 0.938. The first kappa shape index (κ1) is 15.8. The monoisotopic (exact) mass is 281 g/mol. The number of rotatable bonds is 4. The van der Waals surface area contributed by atoms with Gasteiger partial charge in [0.05, 0.1) is 0 Å². The van der Waals surface area contributed by atoms with Gasteiger partial charge in [-0.2, -0.15) is 0 Å². The highest BCUT2D eigenvalue weighted by atomic mass is 16.2. The Morgan fingerprint density at radius 1 is 1.05 bits per heavy atom. The van der Waals surface area contributed by atoms with Crippen molar-refractivity contribution in [2.45, 2.75) is 51.0 Å². The highest BCUT2D eigenvalue weighted by molar-refractivity contribution is 5.76. The molecule has 0 aromatic rings. The third kappa shape index (κ3) is 4.74. The predicted molar refractivity (Wildman–Crippen MR) is 82.4 cm³/mol. The summed E-state index contributed by atoms with van der Waals surface area (Å²) in [6.07, 6.45) is 7.57. The van der Waals surface area contributed by atoms with E-state index in [-0.39, 0.29) is 0 Å². The second kappa shape index (κ2) is 7.41. The third-order valence-electron chi connectivity index (χ3n) is 4.95. The van der Waals surface area contributed by atoms with Gasteiger partial charge >= 0.3 is 0 Å². The topological polar surface area (TPSA) is 49.6 Å². The van der Waals surface area contributed by atoms with Crippen molar-refractivity contribution in [2.24, 2.45) is 17.6 Å². The summed E-state index contributed by atoms with van der Waals surface area (Å²) in [4.78, 5) is 16.7. The zero-order chi connectivity index (χ0) is 14.5. The third-order valence-corrected chi connectivity index (χ3v) is 4.95. The van der Waals surface area contributed by atoms with Crippen molar-refractivity contribution in [3.05, 3.63) is 0 Å². The Balaban J connectivity index is 1.69. The molecule has 20 heavy (non-hydrogen) atoms. The standard InChI is InChI=1S/C16H31N3O/c1-18(2)12-14-7-9-19(10-8-14)16(20)11-13-3-5-15(17)6-4-13/h13-15H,3-12,17H2,1-2H3. The van der Waals surface area contributed by atoms with Gasteiger partial charge in [-0.05, 0) is 64.5 Å². The molecule has 2 fully saturated rings. The Hall–Kier alpha value is -0.610. The summed E-state index contributed by atoms with van der Waals surface area (Å²) in [5.74, 6) is 1.73. The lowest BCUT2D eigenvalue weighted by molar-refractivity contribution is -0.133. The largest absolute Gasteiger partial charge is 0.343 e. The van der Waals surface area contributed by atoms with E-state index in [2.05, 4.69) is 23.9 Å². The molecule has 1 aliphatic heterocycles. The number of carbonyl (C=O) groups excluding carboxylic acids is 1. The molecule has 2 N–H and O–H groups in total. The molecule has 0 aromatic carbocycles. The Morgan fingerprint density at radius 2 is 1.65 bits per heavy atom. The summed E-state index contributed by atoms with van der Waals surface area (Å²) in [5, 5.41) is 0. The minimum atomic E-state index is 0.378. The first-order valence-corrected chi connectivity index (χ1v) is 8.22. The SMILES string of the molecule is CN(C)CC1CCN(C(=O)CC2CCC(N)CC2)CC1. The summed E-state index contributed by atoms with van der Waals surface area (Å²) in [7, 11) is 4.26. The van der Waals surface area contributed by atoms with Crippen LogP contribution in [0.4, 0.5) is 0 Å². The van der Waals surface area contributed by atoms with Crippen LogP contribution in [-0.4, -0.2) is 55.5 Å². The van der Waals surface area contributed by atoms with Crippen LogP contribution in [0.2, 0.25) is 0 Å². The molecule has 0 bridgehead atoms. The summed E-state index contributed by atoms with van der Waals surface area (Å²) in [6, 6.07) is 0.378. The molecule has 1 aliphatic carbocycles. The van der Waals surface area contributed by atoms with Gasteiger partial charge < -0.3 is 15.5 Å². The van der Waals surface area contributed by atoms with E-state index in [1.54, 1.807) is 0 Å². The Labute approximate surface area is 123 Å². The summed E-state index contributed by atoms with van der Waals surface area (Å²) < 4.78 is 0. The minimum absolute atomic E-state index is 0.378. The lowest BCUT2D eigenvalue weighted by Gasteiger charge is -2.34. The predicted octanol–water partition coefficient (Wildman–Crippen LogP) is 1.69. The fourth-order valence-electron chi connectivity index (χ4n) is 3.65. The maximum Gasteiger partial charge on any atom is 0.222 e. The molecular weight excluding hydrogens is 250 g/mol. The van der Waals surface area contributed by atoms with E-state index in [1.165, 1.54) is 12.8 Å². The van der Waals surface area contributed by atoms with Gasteiger partial charge in [0.25, 0.3) is 0 Å². The molecule has 1 saturated heterocycles. The number of nitrogens with two attached hydrogens (primary N) is 1. The van der Waals surface area contributed by atoms with Crippen molar-refractivity contribution in [3.63, 3.8) is 0 Å². The Bertz CT molecular complexity index is 303. The van der Waals surface area contributed by atoms with Crippen LogP contribution < -0.4 is 5.73 Å². The normalized spacial score (nSPS) is 28.9. The van der Waals surface area contributed by atoms with Crippen molar-refractivity contribution in [1.29, 1.82) is 0 Å². The van der Waals surface area contributed by atoms with Gasteiger partial charge in [-0.3, -0.25) is 4.79 Å². The van der Waals surface area contributed by atoms with Crippen LogP contribution in [0.15, 0.2) is 0 Å². The van der Waals surface area contributed by atoms with Gasteiger partial charge in [-0.25, -0.2) is 0 Å². The van der Waals surface area contributed by atoms with Gasteiger partial charge in [-0.15, -0.1) is 0 Å². The van der Waals surface area contributed by atoms with Crippen molar-refractivity contribution >= 4 is 5.91 Å². The van der Waals surface area contributed by atoms with Crippen molar-refractivity contribution in [3.8, 4) is 0 Å². The summed E-state index contributed by atoms with van der Waals surface area (Å²) >= 11 is 0. The molecule has 0 aromatic heterocycles. The van der Waals surface area contributed by atoms with Crippen LogP contribution in [-0.2, 0) is 4.79 Å². The van der Waals surface area contributed by atoms with E-state index >= 15 is 0 Å². The lowest BCUT2D eigenvalue weighted by atomic mass is 9.84. The molecule has 0 spiro atoms. The number of carbonyl (C=O) groups is 1. The molecule has 2 aliphatic rings. The van der Waals surface area contributed by atoms with E-state index in [0.717, 1.165) is 57.7 Å². The van der Waals surface area contributed by atoms with Crippen molar-refractivity contribution in [1.82, 2.24) is 9.80 Å². The van der Waals surface area contributed by atoms with Crippen LogP contribution in [0.3, 0.4) is 0 Å². The molecule has 116 valence electrons. The highest BCUT2D eigenvalue weighted by Gasteiger charge is 2.26. The smallest absolute Gasteiger partial charge is 0.222 e. The van der Waals surface area contributed by atoms with Crippen LogP contribution in [0.5, 0.6) is 0 Å². The van der Waals surface area contributed by atoms with Gasteiger partial charge in [0, 0.05) is 32.1 Å². The van der Waals surface area contributed by atoms with Crippen molar-refractivity contribution < 1.29 is 4.79 Å². The minimum Gasteiger partial charge on any atom is -0.343 e. The molecule has 4 nitrogen and oxygen atoms in total. The zero-order valence-corrected chi connectivity index (χ0v) is 13.2. The molecule has 1 heterocycles. The Kier molecular flexibility index (Phi) is 5.85. The number of hydrogen-bond acceptors (Lipinski definition) is 3. The molecule has 1 amide bonds. The maximum atomic E-state index is 12.4. The van der Waals surface area contributed by atoms with E-state index in [9.17, 15) is 4.79 Å². The van der Waals surface area contributed by atoms with Crippen LogP contribution in [0.1, 0.15) is 44.9 Å². The van der Waals surface area contributed by atoms with Crippen molar-refractivity contribution in [2.75, 3.05) is 33.7 Å². The highest BCUT2D eigenvalue weighted by Crippen LogP contribution is 2.27. The first-order valence-electron chi connectivity index (χ1n) is 8.22. The van der Waals surface area contributed by atoms with E-state index in [0.29, 0.717) is 17.9 Å². The van der Waals surface area contributed by atoms with Crippen LogP contribution >= 0.6 is 0 Å². The molecule has 2 rings (SSSR count). The average molecular weight is 281 g/mol. The Morgan fingerprint density at radius 3 is 2.20 bits per heavy atom. The van der Waals surface area contributed by atoms with Gasteiger partial charge in [0.15, 0.2) is 0 Å². The molecule has 0 atom stereocenters. The van der Waals surface area contributed by atoms with E-state index in [1.807, 2.05) is 0 Å². The number of hydrogen-bond donors (Lipinski definition) is 1. The van der Waals surface area contributed by atoms with E-state index in [4.69, 9.17) is 5.73 Å². The lowest BCUT2D eigenvalue weighted by Crippen LogP contribution is -2.41. The average Bonchev–Trinajstić information content (AvgIpc) is 2.41. The first-order chi connectivity index (χ1) is 9.54. The maximum absolute atomic E-state index is 12.4. The molecule has 0 radical (unpaired) electrons. The van der Waals surface area contributed by atoms with E-state index < -0.39 is 0 Å². The second-order valence-corrected chi connectivity index (χ2v) is 7.07. The molecular formula is C16H31N3O.